The number of carbonyl (C=O) groups excluding carboxylic acids is 1. The Morgan fingerprint density at radius 1 is 1.37 bits per heavy atom. The molecule has 1 saturated carbocycles. The van der Waals surface area contributed by atoms with Crippen molar-refractivity contribution in [2.75, 3.05) is 5.32 Å². The molecule has 19 heavy (non-hydrogen) atoms. The zero-order valence-electron chi connectivity index (χ0n) is 11.4. The fourth-order valence-electron chi connectivity index (χ4n) is 2.47. The van der Waals surface area contributed by atoms with Crippen LogP contribution in [-0.2, 0) is 4.79 Å². The van der Waals surface area contributed by atoms with Crippen LogP contribution in [0.25, 0.3) is 0 Å². The highest BCUT2D eigenvalue weighted by atomic mass is 32.1. The smallest absolute Gasteiger partial charge is 0.237 e. The Bertz CT molecular complexity index is 507. The molecular weight excluding hydrogens is 256 g/mol. The minimum Gasteiger partial charge on any atom is -0.392 e. The van der Waals surface area contributed by atoms with Gasteiger partial charge in [0.25, 0.3) is 0 Å². The topological polar surface area (TPSA) is 55.1 Å². The molecule has 0 unspecified atom stereocenters. The van der Waals surface area contributed by atoms with Gasteiger partial charge < -0.3 is 11.1 Å². The summed E-state index contributed by atoms with van der Waals surface area (Å²) in [6.45, 7) is 4.22. The van der Waals surface area contributed by atoms with Crippen LogP contribution in [0, 0.1) is 5.41 Å². The van der Waals surface area contributed by atoms with E-state index in [4.69, 9.17) is 18.0 Å². The molecule has 0 bridgehead atoms. The monoisotopic (exact) mass is 276 g/mol. The van der Waals surface area contributed by atoms with Crippen molar-refractivity contribution in [1.29, 1.82) is 0 Å². The molecule has 3 N–H and O–H groups in total. The van der Waals surface area contributed by atoms with E-state index < -0.39 is 5.41 Å². The number of amides is 1. The quantitative estimate of drug-likeness (QED) is 0.830. The van der Waals surface area contributed by atoms with Crippen molar-refractivity contribution in [3.05, 3.63) is 29.8 Å². The number of rotatable bonds is 4. The van der Waals surface area contributed by atoms with Crippen LogP contribution in [0.1, 0.15) is 44.6 Å². The largest absolute Gasteiger partial charge is 0.392 e. The van der Waals surface area contributed by atoms with Crippen LogP contribution in [0.2, 0.25) is 0 Å². The lowest BCUT2D eigenvalue weighted by Gasteiger charge is -2.39. The summed E-state index contributed by atoms with van der Waals surface area (Å²) < 4.78 is 0. The first kappa shape index (κ1) is 14.0. The van der Waals surface area contributed by atoms with E-state index in [-0.39, 0.29) is 5.91 Å². The van der Waals surface area contributed by atoms with Gasteiger partial charge in [0.2, 0.25) is 5.91 Å². The van der Waals surface area contributed by atoms with Crippen molar-refractivity contribution >= 4 is 28.8 Å². The molecule has 0 atom stereocenters. The van der Waals surface area contributed by atoms with Gasteiger partial charge in [-0.15, -0.1) is 0 Å². The van der Waals surface area contributed by atoms with Crippen LogP contribution < -0.4 is 11.1 Å². The van der Waals surface area contributed by atoms with Crippen molar-refractivity contribution < 1.29 is 4.79 Å². The molecular formula is C15H20N2OS. The van der Waals surface area contributed by atoms with Crippen LogP contribution in [0.5, 0.6) is 0 Å². The Labute approximate surface area is 119 Å². The highest BCUT2D eigenvalue weighted by Crippen LogP contribution is 2.42. The molecule has 1 aromatic rings. The summed E-state index contributed by atoms with van der Waals surface area (Å²) in [5, 5.41) is 3.01. The maximum Gasteiger partial charge on any atom is 0.237 e. The third-order valence-electron chi connectivity index (χ3n) is 3.94. The van der Waals surface area contributed by atoms with E-state index in [1.54, 1.807) is 0 Å². The summed E-state index contributed by atoms with van der Waals surface area (Å²) >= 11 is 5.07. The molecule has 1 fully saturated rings. The summed E-state index contributed by atoms with van der Waals surface area (Å²) in [5.74, 6) is 0.304. The minimum absolute atomic E-state index is 0.0562. The number of hydrogen-bond donors (Lipinski definition) is 2. The van der Waals surface area contributed by atoms with Gasteiger partial charge in [-0.1, -0.05) is 50.7 Å². The van der Waals surface area contributed by atoms with Crippen molar-refractivity contribution in [1.82, 2.24) is 0 Å². The lowest BCUT2D eigenvalue weighted by Crippen LogP contribution is -2.50. The Kier molecular flexibility index (Phi) is 3.90. The Morgan fingerprint density at radius 3 is 2.47 bits per heavy atom. The Hall–Kier alpha value is -1.42. The average molecular weight is 276 g/mol. The highest BCUT2D eigenvalue weighted by molar-refractivity contribution is 7.80. The van der Waals surface area contributed by atoms with Crippen LogP contribution in [0.15, 0.2) is 24.3 Å². The van der Waals surface area contributed by atoms with Crippen molar-refractivity contribution in [2.45, 2.75) is 39.0 Å². The van der Waals surface area contributed by atoms with Gasteiger partial charge in [0.05, 0.1) is 10.4 Å². The molecule has 0 aliphatic heterocycles. The van der Waals surface area contributed by atoms with E-state index in [2.05, 4.69) is 19.2 Å². The van der Waals surface area contributed by atoms with Crippen molar-refractivity contribution in [2.24, 2.45) is 11.1 Å². The maximum absolute atomic E-state index is 12.5. The predicted molar refractivity (Wildman–Crippen MR) is 82.2 cm³/mol. The molecule has 0 radical (unpaired) electrons. The summed E-state index contributed by atoms with van der Waals surface area (Å²) in [6.07, 6.45) is 2.53. The van der Waals surface area contributed by atoms with Crippen molar-refractivity contribution in [3.63, 3.8) is 0 Å². The molecule has 1 aliphatic rings. The molecule has 2 rings (SSSR count). The van der Waals surface area contributed by atoms with Gasteiger partial charge in [-0.2, -0.15) is 0 Å². The molecule has 1 aromatic carbocycles. The van der Waals surface area contributed by atoms with E-state index >= 15 is 0 Å². The second kappa shape index (κ2) is 5.29. The first-order chi connectivity index (χ1) is 8.97. The third kappa shape index (κ3) is 2.50. The molecule has 3 nitrogen and oxygen atoms in total. The van der Waals surface area contributed by atoms with Gasteiger partial charge in [-0.25, -0.2) is 0 Å². The number of carbonyl (C=O) groups is 1. The van der Waals surface area contributed by atoms with Crippen LogP contribution in [-0.4, -0.2) is 10.9 Å². The predicted octanol–water partition coefficient (Wildman–Crippen LogP) is 3.20. The third-order valence-corrected chi connectivity index (χ3v) is 4.34. The fraction of sp³-hybridized carbons (Fsp3) is 0.467. The zero-order valence-corrected chi connectivity index (χ0v) is 12.2. The number of anilines is 1. The molecule has 0 aromatic heterocycles. The van der Waals surface area contributed by atoms with Gasteiger partial charge in [0.15, 0.2) is 0 Å². The maximum atomic E-state index is 12.5. The highest BCUT2D eigenvalue weighted by Gasteiger charge is 2.47. The molecule has 0 heterocycles. The molecule has 0 spiro atoms. The molecule has 102 valence electrons. The summed E-state index contributed by atoms with van der Waals surface area (Å²) in [5.41, 5.74) is 7.13. The van der Waals surface area contributed by atoms with Crippen LogP contribution >= 0.6 is 12.2 Å². The average Bonchev–Trinajstić information content (AvgIpc) is 2.27. The van der Waals surface area contributed by atoms with E-state index in [9.17, 15) is 4.79 Å². The minimum atomic E-state index is -0.626. The standard InChI is InChI=1S/C15H20N2OS/c1-10(2)11-6-3-4-7-12(11)17-14(18)15(13(16)19)8-5-9-15/h3-4,6-7,10H,5,8-9H2,1-2H3,(H2,16,19)(H,17,18). The SMILES string of the molecule is CC(C)c1ccccc1NC(=O)C1(C(N)=S)CCC1. The summed E-state index contributed by atoms with van der Waals surface area (Å²) in [6, 6.07) is 7.88. The zero-order chi connectivity index (χ0) is 14.0. The van der Waals surface area contributed by atoms with Crippen LogP contribution in [0.3, 0.4) is 0 Å². The van der Waals surface area contributed by atoms with Crippen molar-refractivity contribution in [3.8, 4) is 0 Å². The Morgan fingerprint density at radius 2 is 2.00 bits per heavy atom. The first-order valence-corrected chi connectivity index (χ1v) is 7.08. The lowest BCUT2D eigenvalue weighted by molar-refractivity contribution is -0.125. The van der Waals surface area contributed by atoms with E-state index in [0.29, 0.717) is 10.9 Å². The summed E-state index contributed by atoms with van der Waals surface area (Å²) in [4.78, 5) is 12.8. The van der Waals surface area contributed by atoms with Gasteiger partial charge in [-0.3, -0.25) is 4.79 Å². The molecule has 0 saturated heterocycles. The van der Waals surface area contributed by atoms with Gasteiger partial charge in [0, 0.05) is 5.69 Å². The number of thiocarbonyl (C=S) groups is 1. The normalized spacial score (nSPS) is 16.8. The number of nitrogens with two attached hydrogens (primary N) is 1. The first-order valence-electron chi connectivity index (χ1n) is 6.67. The molecule has 4 heteroatoms. The summed E-state index contributed by atoms with van der Waals surface area (Å²) in [7, 11) is 0. The number of para-hydroxylation sites is 1. The van der Waals surface area contributed by atoms with E-state index in [0.717, 1.165) is 30.5 Å². The second-order valence-corrected chi connectivity index (χ2v) is 5.94. The van der Waals surface area contributed by atoms with Gasteiger partial charge in [0.1, 0.15) is 0 Å². The van der Waals surface area contributed by atoms with E-state index in [1.165, 1.54) is 0 Å². The fourth-order valence-corrected chi connectivity index (χ4v) is 2.77. The molecule has 1 amide bonds. The van der Waals surface area contributed by atoms with E-state index in [1.807, 2.05) is 24.3 Å². The Balaban J connectivity index is 2.22. The molecule has 1 aliphatic carbocycles. The number of nitrogens with one attached hydrogen (secondary N) is 1. The second-order valence-electron chi connectivity index (χ2n) is 5.50. The van der Waals surface area contributed by atoms with Crippen LogP contribution in [0.4, 0.5) is 5.69 Å². The lowest BCUT2D eigenvalue weighted by atomic mass is 9.68. The number of benzene rings is 1. The number of hydrogen-bond acceptors (Lipinski definition) is 2. The van der Waals surface area contributed by atoms with Gasteiger partial charge in [-0.05, 0) is 30.4 Å². The van der Waals surface area contributed by atoms with Gasteiger partial charge >= 0.3 is 0 Å².